The Balaban J connectivity index is 2.36. The van der Waals surface area contributed by atoms with Crippen molar-refractivity contribution >= 4 is 34.4 Å². The number of para-hydroxylation sites is 1. The monoisotopic (exact) mass is 309 g/mol. The van der Waals surface area contributed by atoms with Crippen molar-refractivity contribution < 1.29 is 4.39 Å². The summed E-state index contributed by atoms with van der Waals surface area (Å²) < 4.78 is 15.8. The summed E-state index contributed by atoms with van der Waals surface area (Å²) in [6, 6.07) is 8.17. The van der Waals surface area contributed by atoms with Crippen LogP contribution in [-0.4, -0.2) is 20.4 Å². The number of nitrogens with zero attached hydrogens (tertiary/aromatic N) is 3. The summed E-state index contributed by atoms with van der Waals surface area (Å²) in [5.74, 6) is 0.606. The molecule has 2 heterocycles. The second-order valence-electron chi connectivity index (χ2n) is 4.22. The Bertz CT molecular complexity index is 750. The van der Waals surface area contributed by atoms with E-state index >= 15 is 0 Å². The van der Waals surface area contributed by atoms with Gasteiger partial charge in [0, 0.05) is 18.5 Å². The van der Waals surface area contributed by atoms with Crippen LogP contribution in [0.4, 0.5) is 4.39 Å². The van der Waals surface area contributed by atoms with Gasteiger partial charge in [0.05, 0.1) is 5.02 Å². The number of pyridine rings is 1. The topological polar surface area (TPSA) is 30.7 Å². The molecule has 0 saturated carbocycles. The molecule has 20 heavy (non-hydrogen) atoms. The van der Waals surface area contributed by atoms with Gasteiger partial charge in [-0.1, -0.05) is 17.7 Å². The Hall–Kier alpha value is -1.65. The lowest BCUT2D eigenvalue weighted by Crippen LogP contribution is -2.05. The van der Waals surface area contributed by atoms with Gasteiger partial charge in [-0.3, -0.25) is 4.57 Å². The second-order valence-corrected chi connectivity index (χ2v) is 5.00. The number of aromatic nitrogens is 3. The minimum atomic E-state index is -0.418. The van der Waals surface area contributed by atoms with Crippen LogP contribution in [0.1, 0.15) is 5.82 Å². The number of hydrogen-bond donors (Lipinski definition) is 0. The van der Waals surface area contributed by atoms with Gasteiger partial charge in [-0.2, -0.15) is 0 Å². The van der Waals surface area contributed by atoms with Crippen LogP contribution >= 0.6 is 23.2 Å². The molecule has 0 fully saturated rings. The van der Waals surface area contributed by atoms with Gasteiger partial charge in [0.15, 0.2) is 5.65 Å². The summed E-state index contributed by atoms with van der Waals surface area (Å²) in [6.07, 6.45) is 2.14. The molecule has 3 nitrogen and oxygen atoms in total. The third-order valence-electron chi connectivity index (χ3n) is 2.96. The van der Waals surface area contributed by atoms with E-state index in [-0.39, 0.29) is 5.69 Å². The van der Waals surface area contributed by atoms with Crippen molar-refractivity contribution in [1.82, 2.24) is 14.5 Å². The number of imidazole rings is 1. The van der Waals surface area contributed by atoms with Crippen LogP contribution in [-0.2, 0) is 6.42 Å². The highest BCUT2D eigenvalue weighted by molar-refractivity contribution is 6.32. The molecule has 102 valence electrons. The van der Waals surface area contributed by atoms with E-state index in [9.17, 15) is 4.39 Å². The molecule has 0 radical (unpaired) electrons. The third-order valence-corrected chi connectivity index (χ3v) is 3.46. The first-order valence-electron chi connectivity index (χ1n) is 6.05. The molecule has 0 bridgehead atoms. The third kappa shape index (κ3) is 2.15. The van der Waals surface area contributed by atoms with Crippen LogP contribution in [0.3, 0.4) is 0 Å². The average Bonchev–Trinajstić information content (AvgIpc) is 2.78. The van der Waals surface area contributed by atoms with Crippen molar-refractivity contribution in [3.8, 4) is 5.69 Å². The van der Waals surface area contributed by atoms with Gasteiger partial charge in [0.25, 0.3) is 0 Å². The summed E-state index contributed by atoms with van der Waals surface area (Å²) in [5, 5.41) is 0.311. The number of benzene rings is 1. The van der Waals surface area contributed by atoms with Crippen LogP contribution in [0.2, 0.25) is 5.02 Å². The number of aryl methyl sites for hydroxylation is 1. The molecule has 0 saturated heterocycles. The molecule has 0 aliphatic carbocycles. The van der Waals surface area contributed by atoms with E-state index < -0.39 is 5.82 Å². The molecule has 0 aliphatic heterocycles. The van der Waals surface area contributed by atoms with Crippen molar-refractivity contribution in [1.29, 1.82) is 0 Å². The van der Waals surface area contributed by atoms with E-state index in [2.05, 4.69) is 9.97 Å². The number of hydrogen-bond acceptors (Lipinski definition) is 2. The standard InChI is InChI=1S/C14H10Cl2FN3/c15-7-6-12-19-11-5-2-8-18-14(11)20(12)13-9(16)3-1-4-10(13)17/h1-5,8H,6-7H2. The summed E-state index contributed by atoms with van der Waals surface area (Å²) in [4.78, 5) is 8.73. The van der Waals surface area contributed by atoms with Gasteiger partial charge in [0.2, 0.25) is 0 Å². The predicted molar refractivity (Wildman–Crippen MR) is 78.3 cm³/mol. The van der Waals surface area contributed by atoms with E-state index in [1.807, 2.05) is 6.07 Å². The van der Waals surface area contributed by atoms with Gasteiger partial charge in [-0.05, 0) is 24.3 Å². The molecule has 0 amide bonds. The van der Waals surface area contributed by atoms with Crippen LogP contribution < -0.4 is 0 Å². The highest BCUT2D eigenvalue weighted by Gasteiger charge is 2.18. The van der Waals surface area contributed by atoms with Crippen LogP contribution in [0.5, 0.6) is 0 Å². The van der Waals surface area contributed by atoms with Crippen LogP contribution in [0, 0.1) is 5.82 Å². The first kappa shape index (κ1) is 13.3. The summed E-state index contributed by atoms with van der Waals surface area (Å²) in [5.41, 5.74) is 1.52. The lowest BCUT2D eigenvalue weighted by atomic mass is 10.3. The maximum atomic E-state index is 14.2. The van der Waals surface area contributed by atoms with Crippen molar-refractivity contribution in [2.75, 3.05) is 5.88 Å². The first-order chi connectivity index (χ1) is 9.72. The number of fused-ring (bicyclic) bond motifs is 1. The Morgan fingerprint density at radius 1 is 1.20 bits per heavy atom. The molecule has 3 aromatic rings. The average molecular weight is 310 g/mol. The zero-order valence-corrected chi connectivity index (χ0v) is 11.9. The van der Waals surface area contributed by atoms with Crippen molar-refractivity contribution in [2.45, 2.75) is 6.42 Å². The smallest absolute Gasteiger partial charge is 0.164 e. The molecule has 0 N–H and O–H groups in total. The molecule has 3 rings (SSSR count). The lowest BCUT2D eigenvalue weighted by molar-refractivity contribution is 0.616. The summed E-state index contributed by atoms with van der Waals surface area (Å²) >= 11 is 11.9. The van der Waals surface area contributed by atoms with Crippen molar-refractivity contribution in [2.24, 2.45) is 0 Å². The zero-order valence-electron chi connectivity index (χ0n) is 10.4. The molecule has 0 spiro atoms. The van der Waals surface area contributed by atoms with Crippen molar-refractivity contribution in [3.63, 3.8) is 0 Å². The summed E-state index contributed by atoms with van der Waals surface area (Å²) in [7, 11) is 0. The molecule has 6 heteroatoms. The second kappa shape index (κ2) is 5.38. The van der Waals surface area contributed by atoms with E-state index in [1.54, 1.807) is 29.0 Å². The van der Waals surface area contributed by atoms with E-state index in [4.69, 9.17) is 23.2 Å². The van der Waals surface area contributed by atoms with Crippen molar-refractivity contribution in [3.05, 3.63) is 53.2 Å². The lowest BCUT2D eigenvalue weighted by Gasteiger charge is -2.10. The Labute approximate surface area is 125 Å². The van der Waals surface area contributed by atoms with Crippen LogP contribution in [0.25, 0.3) is 16.9 Å². The van der Waals surface area contributed by atoms with E-state index in [0.717, 1.165) is 0 Å². The van der Waals surface area contributed by atoms with E-state index in [1.165, 1.54) is 6.07 Å². The van der Waals surface area contributed by atoms with Gasteiger partial charge in [-0.25, -0.2) is 14.4 Å². The molecular formula is C14H10Cl2FN3. The molecule has 0 atom stereocenters. The molecular weight excluding hydrogens is 300 g/mol. The Morgan fingerprint density at radius 3 is 2.80 bits per heavy atom. The largest absolute Gasteiger partial charge is 0.276 e. The SMILES string of the molecule is Fc1cccc(Cl)c1-n1c(CCCl)nc2cccnc21. The van der Waals surface area contributed by atoms with Gasteiger partial charge in [-0.15, -0.1) is 11.6 Å². The van der Waals surface area contributed by atoms with Crippen LogP contribution in [0.15, 0.2) is 36.5 Å². The normalized spacial score (nSPS) is 11.2. The summed E-state index contributed by atoms with van der Waals surface area (Å²) in [6.45, 7) is 0. The Morgan fingerprint density at radius 2 is 2.05 bits per heavy atom. The number of alkyl halides is 1. The number of rotatable bonds is 3. The predicted octanol–water partition coefficient (Wildman–Crippen LogP) is 3.99. The van der Waals surface area contributed by atoms with E-state index in [0.29, 0.717) is 34.3 Å². The Kier molecular flexibility index (Phi) is 3.59. The number of halogens is 3. The molecule has 0 aliphatic rings. The molecule has 0 unspecified atom stereocenters. The highest BCUT2D eigenvalue weighted by Crippen LogP contribution is 2.28. The fourth-order valence-corrected chi connectivity index (χ4v) is 2.57. The first-order valence-corrected chi connectivity index (χ1v) is 6.96. The zero-order chi connectivity index (χ0) is 14.1. The van der Waals surface area contributed by atoms with Gasteiger partial charge in [0.1, 0.15) is 22.8 Å². The fraction of sp³-hybridized carbons (Fsp3) is 0.143. The quantitative estimate of drug-likeness (QED) is 0.685. The van der Waals surface area contributed by atoms with Gasteiger partial charge >= 0.3 is 0 Å². The highest BCUT2D eigenvalue weighted by atomic mass is 35.5. The molecule has 2 aromatic heterocycles. The molecule has 1 aromatic carbocycles. The minimum absolute atomic E-state index is 0.260. The maximum Gasteiger partial charge on any atom is 0.164 e. The minimum Gasteiger partial charge on any atom is -0.276 e. The maximum absolute atomic E-state index is 14.2. The fourth-order valence-electron chi connectivity index (χ4n) is 2.15. The van der Waals surface area contributed by atoms with Gasteiger partial charge < -0.3 is 0 Å².